The van der Waals surface area contributed by atoms with Crippen LogP contribution < -0.4 is 14.2 Å². The monoisotopic (exact) mass is 1360 g/mol. The number of fused-ring (bicyclic) bond motifs is 3. The molecule has 20 heteroatoms. The molecular formula is C82H74F2N12O6. The predicted octanol–water partition coefficient (Wildman–Crippen LogP) is 15.0. The molecule has 0 unspecified atom stereocenters. The van der Waals surface area contributed by atoms with E-state index in [1.165, 1.54) is 29.3 Å². The highest BCUT2D eigenvalue weighted by Gasteiger charge is 2.36. The van der Waals surface area contributed by atoms with E-state index in [1.54, 1.807) is 55.7 Å². The summed E-state index contributed by atoms with van der Waals surface area (Å²) in [7, 11) is 0. The number of ether oxygens (including phenoxy) is 3. The third-order valence-electron chi connectivity index (χ3n) is 18.4. The third kappa shape index (κ3) is 15.0. The van der Waals surface area contributed by atoms with E-state index in [0.717, 1.165) is 142 Å². The molecule has 0 N–H and O–H groups in total. The Morgan fingerprint density at radius 1 is 0.490 bits per heavy atom. The van der Waals surface area contributed by atoms with Gasteiger partial charge in [0.05, 0.1) is 70.3 Å². The molecule has 3 atom stereocenters. The number of aryl methyl sites for hydroxylation is 2. The average molecular weight is 1360 g/mol. The molecule has 12 aromatic rings. The van der Waals surface area contributed by atoms with Gasteiger partial charge in [0.1, 0.15) is 54.5 Å². The number of nitrogens with zero attached hydrogens (tertiary/aromatic N) is 12. The van der Waals surface area contributed by atoms with E-state index < -0.39 is 11.6 Å². The van der Waals surface area contributed by atoms with Crippen molar-refractivity contribution in [2.24, 2.45) is 0 Å². The molecule has 3 saturated heterocycles. The van der Waals surface area contributed by atoms with Crippen molar-refractivity contribution in [3.8, 4) is 74.7 Å². The molecule has 6 aromatic heterocycles. The van der Waals surface area contributed by atoms with Crippen LogP contribution in [0.3, 0.4) is 0 Å². The van der Waals surface area contributed by atoms with Crippen LogP contribution in [0.2, 0.25) is 0 Å². The van der Waals surface area contributed by atoms with Gasteiger partial charge in [-0.05, 0) is 150 Å². The van der Waals surface area contributed by atoms with E-state index in [1.807, 2.05) is 110 Å². The van der Waals surface area contributed by atoms with E-state index in [2.05, 4.69) is 112 Å². The van der Waals surface area contributed by atoms with Crippen molar-refractivity contribution in [1.29, 1.82) is 0 Å². The van der Waals surface area contributed by atoms with Crippen LogP contribution in [0.4, 0.5) is 8.78 Å². The number of halogens is 2. The number of likely N-dealkylation sites (tertiary alicyclic amines) is 3. The fraction of sp³-hybridized carbons (Fsp3) is 0.232. The van der Waals surface area contributed by atoms with Gasteiger partial charge >= 0.3 is 0 Å². The fourth-order valence-corrected chi connectivity index (χ4v) is 13.2. The molecule has 3 amide bonds. The van der Waals surface area contributed by atoms with Gasteiger partial charge in [-0.25, -0.2) is 23.7 Å². The number of benzene rings is 6. The van der Waals surface area contributed by atoms with Gasteiger partial charge in [0.15, 0.2) is 11.6 Å². The summed E-state index contributed by atoms with van der Waals surface area (Å²) in [5, 5.41) is 0. The molecule has 3 aliphatic heterocycles. The normalized spacial score (nSPS) is 15.4. The van der Waals surface area contributed by atoms with Gasteiger partial charge < -0.3 is 28.9 Å². The van der Waals surface area contributed by atoms with Crippen molar-refractivity contribution in [2.75, 3.05) is 19.6 Å². The molecule has 102 heavy (non-hydrogen) atoms. The molecule has 18 nitrogen and oxygen atoms in total. The van der Waals surface area contributed by atoms with Gasteiger partial charge in [-0.3, -0.25) is 42.5 Å². The van der Waals surface area contributed by atoms with Crippen LogP contribution in [0.15, 0.2) is 208 Å². The van der Waals surface area contributed by atoms with Crippen LogP contribution in [0.1, 0.15) is 116 Å². The molecule has 512 valence electrons. The van der Waals surface area contributed by atoms with Crippen molar-refractivity contribution in [3.05, 3.63) is 265 Å². The maximum atomic E-state index is 13.9. The lowest BCUT2D eigenvalue weighted by Gasteiger charge is -2.22. The first-order valence-corrected chi connectivity index (χ1v) is 33.9. The van der Waals surface area contributed by atoms with Crippen LogP contribution >= 0.6 is 0 Å². The highest BCUT2D eigenvalue weighted by atomic mass is 19.2. The number of hydrogen-bond acceptors (Lipinski definition) is 12. The Morgan fingerprint density at radius 3 is 1.25 bits per heavy atom. The highest BCUT2D eigenvalue weighted by Crippen LogP contribution is 2.39. The molecule has 3 aliphatic rings. The van der Waals surface area contributed by atoms with E-state index in [0.29, 0.717) is 32.1 Å². The molecule has 6 aromatic carbocycles. The lowest BCUT2D eigenvalue weighted by molar-refractivity contribution is -0.127. The second kappa shape index (κ2) is 31.3. The van der Waals surface area contributed by atoms with E-state index in [9.17, 15) is 23.2 Å². The van der Waals surface area contributed by atoms with Crippen molar-refractivity contribution in [1.82, 2.24) is 57.8 Å². The standard InChI is InChI=1S/C28H26N4O2.C27H22F2N4O2.C27H26N4O2/c1-3-5-26(33)31-16-4-6-24(31)28-30-27(25-18-29-15-17-32(25)28)22-11-9-21(10-12-22)19-34-23-13-7-20(2)8-14-23;1-2-5-24(34)32-14-4-8-22(32)27-31-26(23-16-30-13-15-33(23)27)18-9-11-20(12-10-18)35-17-19-6-3-7-21(28)25(19)29;1-3-25(32)30-15-4-5-23(30)27-29-26(24-17-28-14-16-31(24)27)21-10-8-20(9-11-21)18-33-22-12-6-19(2)7-13-22/h7-15,17-18,24H,4,6,16,19H2,1-2H3;3,6-7,9-13,15-16,22H,4,8,14,17H2,1H3;3,6-14,16-17,23H,1,4-5,15,18H2,2H3/t24-;22-;23-/m000/s1. The number of imidazole rings is 3. The third-order valence-corrected chi connectivity index (χ3v) is 18.4. The summed E-state index contributed by atoms with van der Waals surface area (Å²) in [5.74, 6) is 13.2. The van der Waals surface area contributed by atoms with Gasteiger partial charge in [-0.2, -0.15) is 0 Å². The maximum absolute atomic E-state index is 13.9. The quantitative estimate of drug-likeness (QED) is 0.0661. The highest BCUT2D eigenvalue weighted by molar-refractivity contribution is 5.94. The van der Waals surface area contributed by atoms with Crippen molar-refractivity contribution >= 4 is 34.3 Å². The first-order chi connectivity index (χ1) is 49.8. The average Bonchev–Trinajstić information content (AvgIpc) is 1.63. The zero-order chi connectivity index (χ0) is 70.6. The lowest BCUT2D eigenvalue weighted by atomic mass is 10.1. The Morgan fingerprint density at radius 2 is 0.853 bits per heavy atom. The molecule has 0 saturated carbocycles. The van der Waals surface area contributed by atoms with Crippen molar-refractivity contribution in [3.63, 3.8) is 0 Å². The van der Waals surface area contributed by atoms with Crippen LogP contribution in [-0.2, 0) is 34.2 Å². The molecule has 0 bridgehead atoms. The van der Waals surface area contributed by atoms with Crippen LogP contribution in [-0.4, -0.2) is 95.2 Å². The Hall–Kier alpha value is -12.3. The van der Waals surface area contributed by atoms with E-state index in [-0.39, 0.29) is 48.0 Å². The van der Waals surface area contributed by atoms with Gasteiger partial charge in [0.2, 0.25) is 5.91 Å². The molecular weight excluding hydrogens is 1290 g/mol. The fourth-order valence-electron chi connectivity index (χ4n) is 13.2. The molecule has 9 heterocycles. The number of carbonyl (C=O) groups is 3. The SMILES string of the molecule is C=CC(=O)N1CCC[C@H]1c1nc(-c2ccc(COc3ccc(C)cc3)cc2)c2cnccn12.CC#CC(=O)N1CCC[C@H]1c1nc(-c2ccc(COc3ccc(C)cc3)cc2)c2cnccn12.CC#CC(=O)N1CCC[C@H]1c1nc(-c2ccc(OCc3cccc(F)c3F)cc2)c2cnccn12. The van der Waals surface area contributed by atoms with Gasteiger partial charge in [0, 0.05) is 79.1 Å². The zero-order valence-electron chi connectivity index (χ0n) is 57.0. The van der Waals surface area contributed by atoms with Gasteiger partial charge in [-0.15, -0.1) is 0 Å². The van der Waals surface area contributed by atoms with Crippen LogP contribution in [0.5, 0.6) is 17.2 Å². The van der Waals surface area contributed by atoms with Crippen LogP contribution in [0.25, 0.3) is 50.3 Å². The number of carbonyl (C=O) groups excluding carboxylic acids is 3. The lowest BCUT2D eigenvalue weighted by Crippen LogP contribution is -2.30. The van der Waals surface area contributed by atoms with Crippen molar-refractivity contribution in [2.45, 2.75) is 104 Å². The number of aromatic nitrogens is 9. The molecule has 3 fully saturated rings. The minimum Gasteiger partial charge on any atom is -0.489 e. The largest absolute Gasteiger partial charge is 0.489 e. The second-order valence-electron chi connectivity index (χ2n) is 25.0. The zero-order valence-corrected chi connectivity index (χ0v) is 57.0. The minimum atomic E-state index is -0.905. The predicted molar refractivity (Wildman–Crippen MR) is 385 cm³/mol. The van der Waals surface area contributed by atoms with Crippen LogP contribution in [0, 0.1) is 49.2 Å². The summed E-state index contributed by atoms with van der Waals surface area (Å²) in [4.78, 5) is 70.8. The maximum Gasteiger partial charge on any atom is 0.299 e. The first kappa shape index (κ1) is 68.2. The summed E-state index contributed by atoms with van der Waals surface area (Å²) in [6.07, 6.45) is 23.0. The molecule has 0 radical (unpaired) electrons. The molecule has 15 rings (SSSR count). The summed E-state index contributed by atoms with van der Waals surface area (Å²) in [6.45, 7) is 14.1. The Kier molecular flexibility index (Phi) is 20.9. The Bertz CT molecular complexity index is 5150. The summed E-state index contributed by atoms with van der Waals surface area (Å²) >= 11 is 0. The molecule has 0 aliphatic carbocycles. The topological polar surface area (TPSA) is 179 Å². The minimum absolute atomic E-state index is 0.0530. The number of hydrogen-bond donors (Lipinski definition) is 0. The number of rotatable bonds is 16. The summed E-state index contributed by atoms with van der Waals surface area (Å²) < 4.78 is 50.8. The van der Waals surface area contributed by atoms with Gasteiger partial charge in [0.25, 0.3) is 11.8 Å². The summed E-state index contributed by atoms with van der Waals surface area (Å²) in [6, 6.07) is 43.5. The van der Waals surface area contributed by atoms with E-state index in [4.69, 9.17) is 29.2 Å². The number of amides is 3. The first-order valence-electron chi connectivity index (χ1n) is 33.9. The Balaban J connectivity index is 0.000000137. The van der Waals surface area contributed by atoms with E-state index >= 15 is 0 Å². The smallest absolute Gasteiger partial charge is 0.299 e. The summed E-state index contributed by atoms with van der Waals surface area (Å²) in [5.41, 5.74) is 12.7. The Labute approximate surface area is 590 Å². The molecule has 0 spiro atoms. The van der Waals surface area contributed by atoms with Crippen molar-refractivity contribution < 1.29 is 37.4 Å². The second-order valence-corrected chi connectivity index (χ2v) is 25.0. The van der Waals surface area contributed by atoms with Gasteiger partial charge in [-0.1, -0.05) is 114 Å².